The Morgan fingerprint density at radius 1 is 1.42 bits per heavy atom. The standard InChI is InChI=1S/C17H23N5O2/c1-10(2)22-16-12(7-19-22)6-13(11(3)20-16)17(23)21-4-5-24-15-9-18-8-14(15)21/h6-7,10,14-15,18H,4-5,8-9H2,1-3H3/t14-,15+/m1/s1. The molecule has 2 atom stereocenters. The number of nitrogens with one attached hydrogen (secondary N) is 1. The second-order valence-electron chi connectivity index (χ2n) is 6.85. The lowest BCUT2D eigenvalue weighted by Gasteiger charge is -2.37. The van der Waals surface area contributed by atoms with Crippen molar-refractivity contribution >= 4 is 16.9 Å². The third-order valence-corrected chi connectivity index (χ3v) is 4.93. The smallest absolute Gasteiger partial charge is 0.256 e. The molecule has 1 N–H and O–H groups in total. The van der Waals surface area contributed by atoms with E-state index in [1.54, 1.807) is 6.20 Å². The van der Waals surface area contributed by atoms with E-state index < -0.39 is 0 Å². The van der Waals surface area contributed by atoms with Gasteiger partial charge in [0.15, 0.2) is 5.65 Å². The van der Waals surface area contributed by atoms with Crippen molar-refractivity contribution < 1.29 is 9.53 Å². The first-order valence-electron chi connectivity index (χ1n) is 8.54. The van der Waals surface area contributed by atoms with Crippen LogP contribution in [0.25, 0.3) is 11.0 Å². The number of hydrogen-bond acceptors (Lipinski definition) is 5. The van der Waals surface area contributed by atoms with Gasteiger partial charge in [-0.25, -0.2) is 9.67 Å². The minimum absolute atomic E-state index is 0.0428. The van der Waals surface area contributed by atoms with Gasteiger partial charge in [-0.05, 0) is 26.8 Å². The highest BCUT2D eigenvalue weighted by Crippen LogP contribution is 2.24. The molecule has 4 heterocycles. The molecule has 4 rings (SSSR count). The molecule has 0 spiro atoms. The number of nitrogens with zero attached hydrogens (tertiary/aromatic N) is 4. The number of carbonyl (C=O) groups is 1. The van der Waals surface area contributed by atoms with Gasteiger partial charge >= 0.3 is 0 Å². The zero-order valence-electron chi connectivity index (χ0n) is 14.3. The Hall–Kier alpha value is -1.99. The molecule has 2 aliphatic heterocycles. The molecule has 2 aromatic heterocycles. The van der Waals surface area contributed by atoms with Crippen LogP contribution in [0.2, 0.25) is 0 Å². The largest absolute Gasteiger partial charge is 0.373 e. The Labute approximate surface area is 141 Å². The molecule has 0 radical (unpaired) electrons. The van der Waals surface area contributed by atoms with E-state index in [0.29, 0.717) is 18.7 Å². The molecular formula is C17H23N5O2. The van der Waals surface area contributed by atoms with Crippen molar-refractivity contribution in [2.24, 2.45) is 0 Å². The van der Waals surface area contributed by atoms with E-state index in [4.69, 9.17) is 4.74 Å². The molecule has 0 bridgehead atoms. The van der Waals surface area contributed by atoms with Crippen molar-refractivity contribution in [1.82, 2.24) is 25.0 Å². The van der Waals surface area contributed by atoms with Crippen LogP contribution in [0.1, 0.15) is 35.9 Å². The Balaban J connectivity index is 1.70. The molecule has 2 aliphatic rings. The molecule has 2 fully saturated rings. The molecule has 24 heavy (non-hydrogen) atoms. The summed E-state index contributed by atoms with van der Waals surface area (Å²) in [7, 11) is 0. The second kappa shape index (κ2) is 5.82. The summed E-state index contributed by atoms with van der Waals surface area (Å²) in [5.41, 5.74) is 2.25. The van der Waals surface area contributed by atoms with Crippen LogP contribution in [0.15, 0.2) is 12.3 Å². The van der Waals surface area contributed by atoms with Gasteiger partial charge in [-0.15, -0.1) is 0 Å². The molecule has 0 aromatic carbocycles. The van der Waals surface area contributed by atoms with Crippen molar-refractivity contribution in [3.8, 4) is 0 Å². The number of amides is 1. The molecule has 7 heteroatoms. The summed E-state index contributed by atoms with van der Waals surface area (Å²) in [5, 5.41) is 8.62. The molecule has 0 saturated carbocycles. The lowest BCUT2D eigenvalue weighted by atomic mass is 10.1. The average molecular weight is 329 g/mol. The van der Waals surface area contributed by atoms with Crippen LogP contribution in [-0.4, -0.2) is 64.0 Å². The van der Waals surface area contributed by atoms with E-state index in [9.17, 15) is 4.79 Å². The van der Waals surface area contributed by atoms with Gasteiger partial charge in [0, 0.05) is 31.1 Å². The van der Waals surface area contributed by atoms with Gasteiger partial charge in [0.25, 0.3) is 5.91 Å². The quantitative estimate of drug-likeness (QED) is 0.894. The third-order valence-electron chi connectivity index (χ3n) is 4.93. The van der Waals surface area contributed by atoms with E-state index in [0.717, 1.165) is 29.8 Å². The summed E-state index contributed by atoms with van der Waals surface area (Å²) in [4.78, 5) is 19.7. The van der Waals surface area contributed by atoms with Gasteiger partial charge < -0.3 is 15.0 Å². The van der Waals surface area contributed by atoms with Crippen LogP contribution in [0.5, 0.6) is 0 Å². The average Bonchev–Trinajstić information content (AvgIpc) is 3.19. The monoisotopic (exact) mass is 329 g/mol. The maximum Gasteiger partial charge on any atom is 0.256 e. The zero-order chi connectivity index (χ0) is 16.8. The van der Waals surface area contributed by atoms with E-state index >= 15 is 0 Å². The number of carbonyl (C=O) groups excluding carboxylic acids is 1. The molecule has 0 aliphatic carbocycles. The molecular weight excluding hydrogens is 306 g/mol. The van der Waals surface area contributed by atoms with Crippen LogP contribution in [0.4, 0.5) is 0 Å². The first-order chi connectivity index (χ1) is 11.6. The van der Waals surface area contributed by atoms with Crippen molar-refractivity contribution in [2.45, 2.75) is 39.0 Å². The molecule has 7 nitrogen and oxygen atoms in total. The summed E-state index contributed by atoms with van der Waals surface area (Å²) in [6, 6.07) is 2.28. The first-order valence-corrected chi connectivity index (χ1v) is 8.54. The first kappa shape index (κ1) is 15.5. The Morgan fingerprint density at radius 3 is 3.04 bits per heavy atom. The van der Waals surface area contributed by atoms with Gasteiger partial charge in [-0.3, -0.25) is 4.79 Å². The lowest BCUT2D eigenvalue weighted by molar-refractivity contribution is -0.0365. The van der Waals surface area contributed by atoms with Crippen molar-refractivity contribution in [3.05, 3.63) is 23.5 Å². The predicted octanol–water partition coefficient (Wildman–Crippen LogP) is 1.13. The van der Waals surface area contributed by atoms with Crippen molar-refractivity contribution in [1.29, 1.82) is 0 Å². The number of morpholine rings is 1. The van der Waals surface area contributed by atoms with Crippen molar-refractivity contribution in [2.75, 3.05) is 26.2 Å². The summed E-state index contributed by atoms with van der Waals surface area (Å²) in [6.07, 6.45) is 1.89. The number of ether oxygens (including phenoxy) is 1. The van der Waals surface area contributed by atoms with Crippen LogP contribution in [0, 0.1) is 6.92 Å². The minimum Gasteiger partial charge on any atom is -0.373 e. The van der Waals surface area contributed by atoms with E-state index in [1.165, 1.54) is 0 Å². The van der Waals surface area contributed by atoms with Gasteiger partial charge in [0.2, 0.25) is 0 Å². The molecule has 128 valence electrons. The number of aryl methyl sites for hydroxylation is 1. The highest BCUT2D eigenvalue weighted by molar-refractivity contribution is 5.98. The van der Waals surface area contributed by atoms with Gasteiger partial charge in [-0.1, -0.05) is 0 Å². The molecule has 0 unspecified atom stereocenters. The Bertz CT molecular complexity index is 785. The second-order valence-corrected chi connectivity index (χ2v) is 6.85. The topological polar surface area (TPSA) is 72.3 Å². The maximum atomic E-state index is 13.1. The predicted molar refractivity (Wildman–Crippen MR) is 90.1 cm³/mol. The van der Waals surface area contributed by atoms with E-state index in [-0.39, 0.29) is 24.1 Å². The Kier molecular flexibility index (Phi) is 3.77. The van der Waals surface area contributed by atoms with Crippen molar-refractivity contribution in [3.63, 3.8) is 0 Å². The number of aromatic nitrogens is 3. The van der Waals surface area contributed by atoms with Crippen LogP contribution in [-0.2, 0) is 4.74 Å². The lowest BCUT2D eigenvalue weighted by Crippen LogP contribution is -2.53. The summed E-state index contributed by atoms with van der Waals surface area (Å²) >= 11 is 0. The molecule has 1 amide bonds. The van der Waals surface area contributed by atoms with Gasteiger partial charge in [-0.2, -0.15) is 5.10 Å². The third kappa shape index (κ3) is 2.39. The normalized spacial score (nSPS) is 23.9. The van der Waals surface area contributed by atoms with E-state index in [1.807, 2.05) is 22.6 Å². The zero-order valence-corrected chi connectivity index (χ0v) is 14.3. The van der Waals surface area contributed by atoms with E-state index in [2.05, 4.69) is 29.2 Å². The summed E-state index contributed by atoms with van der Waals surface area (Å²) in [5.74, 6) is 0.0428. The van der Waals surface area contributed by atoms with Crippen LogP contribution < -0.4 is 5.32 Å². The fourth-order valence-corrected chi connectivity index (χ4v) is 3.66. The maximum absolute atomic E-state index is 13.1. The highest BCUT2D eigenvalue weighted by atomic mass is 16.5. The summed E-state index contributed by atoms with van der Waals surface area (Å²) < 4.78 is 7.65. The summed E-state index contributed by atoms with van der Waals surface area (Å²) in [6.45, 7) is 8.86. The Morgan fingerprint density at radius 2 is 2.25 bits per heavy atom. The van der Waals surface area contributed by atoms with Crippen LogP contribution in [0.3, 0.4) is 0 Å². The number of pyridine rings is 1. The van der Waals surface area contributed by atoms with Gasteiger partial charge in [0.05, 0.1) is 36.2 Å². The number of hydrogen-bond donors (Lipinski definition) is 1. The highest BCUT2D eigenvalue weighted by Gasteiger charge is 2.39. The fourth-order valence-electron chi connectivity index (χ4n) is 3.66. The molecule has 2 saturated heterocycles. The van der Waals surface area contributed by atoms with Crippen LogP contribution >= 0.6 is 0 Å². The SMILES string of the molecule is Cc1nc2c(cnn2C(C)C)cc1C(=O)N1CCO[C@H]2CNC[C@H]21. The number of rotatable bonds is 2. The van der Waals surface area contributed by atoms with Gasteiger partial charge in [0.1, 0.15) is 0 Å². The fraction of sp³-hybridized carbons (Fsp3) is 0.588. The minimum atomic E-state index is 0.0428. The molecule has 2 aromatic rings. The number of fused-ring (bicyclic) bond motifs is 2.